The second-order valence-corrected chi connectivity index (χ2v) is 6.37. The minimum atomic E-state index is -1.56. The van der Waals surface area contributed by atoms with E-state index in [1.165, 1.54) is 14.2 Å². The van der Waals surface area contributed by atoms with Crippen molar-refractivity contribution in [3.05, 3.63) is 48.6 Å². The molecular formula is C19H24O6. The number of carbonyl (C=O) groups is 2. The number of carbonyl (C=O) groups excluding carboxylic acids is 2. The Hall–Kier alpha value is -2.18. The molecule has 4 atom stereocenters. The molecule has 0 saturated heterocycles. The van der Waals surface area contributed by atoms with E-state index in [2.05, 4.69) is 6.58 Å². The first-order chi connectivity index (χ1) is 11.9. The summed E-state index contributed by atoms with van der Waals surface area (Å²) < 4.78 is 9.55. The Morgan fingerprint density at radius 2 is 1.76 bits per heavy atom. The summed E-state index contributed by atoms with van der Waals surface area (Å²) in [6, 6.07) is 8.99. The number of esters is 2. The van der Waals surface area contributed by atoms with Crippen molar-refractivity contribution in [2.45, 2.75) is 25.0 Å². The van der Waals surface area contributed by atoms with Crippen molar-refractivity contribution in [1.29, 1.82) is 0 Å². The zero-order chi connectivity index (χ0) is 18.6. The molecular weight excluding hydrogens is 324 g/mol. The summed E-state index contributed by atoms with van der Waals surface area (Å²) in [5, 5.41) is 21.2. The minimum absolute atomic E-state index is 0.0219. The quantitative estimate of drug-likeness (QED) is 0.461. The van der Waals surface area contributed by atoms with Crippen LogP contribution in [0.4, 0.5) is 0 Å². The molecule has 2 N–H and O–H groups in total. The van der Waals surface area contributed by atoms with Crippen LogP contribution >= 0.6 is 0 Å². The van der Waals surface area contributed by atoms with E-state index >= 15 is 0 Å². The SMILES string of the molecule is C=CC(C(O)c1ccccc1)[C@H]1CC(C(=O)OC)(C(=O)OC)C[C@H]1O. The normalized spacial score (nSPS) is 24.2. The van der Waals surface area contributed by atoms with E-state index < -0.39 is 41.4 Å². The van der Waals surface area contributed by atoms with Gasteiger partial charge >= 0.3 is 11.9 Å². The van der Waals surface area contributed by atoms with E-state index in [9.17, 15) is 19.8 Å². The summed E-state index contributed by atoms with van der Waals surface area (Å²) in [4.78, 5) is 24.5. The van der Waals surface area contributed by atoms with Gasteiger partial charge in [0.2, 0.25) is 0 Å². The molecule has 1 saturated carbocycles. The molecule has 6 heteroatoms. The first-order valence-electron chi connectivity index (χ1n) is 8.11. The Labute approximate surface area is 147 Å². The first kappa shape index (κ1) is 19.1. The van der Waals surface area contributed by atoms with Crippen LogP contribution in [0.15, 0.2) is 43.0 Å². The van der Waals surface area contributed by atoms with Gasteiger partial charge in [0.05, 0.1) is 26.4 Å². The fourth-order valence-electron chi connectivity index (χ4n) is 3.74. The van der Waals surface area contributed by atoms with Crippen molar-refractivity contribution in [3.63, 3.8) is 0 Å². The van der Waals surface area contributed by atoms with Gasteiger partial charge in [-0.05, 0) is 17.9 Å². The summed E-state index contributed by atoms with van der Waals surface area (Å²) in [5.41, 5.74) is -0.890. The maximum absolute atomic E-state index is 12.3. The third kappa shape index (κ3) is 3.45. The number of aliphatic hydroxyl groups is 2. The Kier molecular flexibility index (Phi) is 5.98. The van der Waals surface area contributed by atoms with Gasteiger partial charge in [-0.15, -0.1) is 6.58 Å². The topological polar surface area (TPSA) is 93.1 Å². The lowest BCUT2D eigenvalue weighted by Gasteiger charge is -2.29. The summed E-state index contributed by atoms with van der Waals surface area (Å²) in [6.45, 7) is 3.76. The standard InChI is InChI=1S/C19H24O6/c1-4-13(16(21)12-8-6-5-7-9-12)14-10-19(11-15(14)20,17(22)24-2)18(23)25-3/h4-9,13-16,20-21H,1,10-11H2,2-3H3/t13?,14-,15-,16?/m1/s1. The minimum Gasteiger partial charge on any atom is -0.468 e. The van der Waals surface area contributed by atoms with E-state index in [1.54, 1.807) is 30.3 Å². The van der Waals surface area contributed by atoms with Crippen LogP contribution in [0.2, 0.25) is 0 Å². The molecule has 2 unspecified atom stereocenters. The van der Waals surface area contributed by atoms with Crippen LogP contribution in [0, 0.1) is 17.3 Å². The van der Waals surface area contributed by atoms with Crippen LogP contribution in [0.1, 0.15) is 24.5 Å². The number of aliphatic hydroxyl groups excluding tert-OH is 2. The number of methoxy groups -OCH3 is 2. The van der Waals surface area contributed by atoms with Crippen molar-refractivity contribution >= 4 is 11.9 Å². The molecule has 0 radical (unpaired) electrons. The average Bonchev–Trinajstić information content (AvgIpc) is 3.00. The number of hydrogen-bond acceptors (Lipinski definition) is 6. The predicted octanol–water partition coefficient (Wildman–Crippen LogP) is 1.63. The highest BCUT2D eigenvalue weighted by Crippen LogP contribution is 2.49. The monoisotopic (exact) mass is 348 g/mol. The highest BCUT2D eigenvalue weighted by atomic mass is 16.5. The molecule has 6 nitrogen and oxygen atoms in total. The second-order valence-electron chi connectivity index (χ2n) is 6.37. The van der Waals surface area contributed by atoms with E-state index in [4.69, 9.17) is 9.47 Å². The maximum atomic E-state index is 12.3. The Balaban J connectivity index is 2.33. The largest absolute Gasteiger partial charge is 0.468 e. The molecule has 1 aliphatic rings. The molecule has 0 aromatic heterocycles. The third-order valence-electron chi connectivity index (χ3n) is 5.06. The van der Waals surface area contributed by atoms with Crippen LogP contribution in [0.3, 0.4) is 0 Å². The average molecular weight is 348 g/mol. The molecule has 0 heterocycles. The van der Waals surface area contributed by atoms with Crippen molar-refractivity contribution in [2.24, 2.45) is 17.3 Å². The summed E-state index contributed by atoms with van der Waals surface area (Å²) in [5.74, 6) is -2.55. The van der Waals surface area contributed by atoms with Gasteiger partial charge in [-0.2, -0.15) is 0 Å². The van der Waals surface area contributed by atoms with Crippen LogP contribution in [-0.4, -0.2) is 42.5 Å². The highest BCUT2D eigenvalue weighted by molar-refractivity contribution is 6.00. The molecule has 1 aromatic carbocycles. The number of hydrogen-bond donors (Lipinski definition) is 2. The van der Waals surface area contributed by atoms with Gasteiger partial charge in [-0.3, -0.25) is 9.59 Å². The lowest BCUT2D eigenvalue weighted by molar-refractivity contribution is -0.169. The van der Waals surface area contributed by atoms with Gasteiger partial charge in [0, 0.05) is 12.3 Å². The van der Waals surface area contributed by atoms with Gasteiger partial charge in [0.25, 0.3) is 0 Å². The van der Waals surface area contributed by atoms with Crippen molar-refractivity contribution in [3.8, 4) is 0 Å². The molecule has 1 aliphatic carbocycles. The van der Waals surface area contributed by atoms with E-state index in [0.717, 1.165) is 0 Å². The Morgan fingerprint density at radius 1 is 1.20 bits per heavy atom. The fourth-order valence-corrected chi connectivity index (χ4v) is 3.74. The van der Waals surface area contributed by atoms with E-state index in [-0.39, 0.29) is 12.8 Å². The molecule has 0 bridgehead atoms. The van der Waals surface area contributed by atoms with Gasteiger partial charge in [-0.25, -0.2) is 0 Å². The first-order valence-corrected chi connectivity index (χ1v) is 8.11. The van der Waals surface area contributed by atoms with Crippen molar-refractivity contribution < 1.29 is 29.3 Å². The maximum Gasteiger partial charge on any atom is 0.323 e. The molecule has 0 aliphatic heterocycles. The van der Waals surface area contributed by atoms with Crippen LogP contribution in [0.5, 0.6) is 0 Å². The van der Waals surface area contributed by atoms with Crippen LogP contribution in [-0.2, 0) is 19.1 Å². The van der Waals surface area contributed by atoms with Gasteiger partial charge < -0.3 is 19.7 Å². The van der Waals surface area contributed by atoms with Crippen LogP contribution in [0.25, 0.3) is 0 Å². The van der Waals surface area contributed by atoms with Crippen molar-refractivity contribution in [2.75, 3.05) is 14.2 Å². The molecule has 0 amide bonds. The molecule has 0 spiro atoms. The second kappa shape index (κ2) is 7.80. The van der Waals surface area contributed by atoms with Crippen LogP contribution < -0.4 is 0 Å². The molecule has 25 heavy (non-hydrogen) atoms. The molecule has 136 valence electrons. The van der Waals surface area contributed by atoms with Gasteiger partial charge in [0.1, 0.15) is 0 Å². The summed E-state index contributed by atoms with van der Waals surface area (Å²) in [7, 11) is 2.38. The van der Waals surface area contributed by atoms with E-state index in [0.29, 0.717) is 5.56 Å². The third-order valence-corrected chi connectivity index (χ3v) is 5.06. The molecule has 1 fully saturated rings. The number of rotatable bonds is 6. The lowest BCUT2D eigenvalue weighted by atomic mass is 9.79. The number of ether oxygens (including phenoxy) is 2. The zero-order valence-corrected chi connectivity index (χ0v) is 14.4. The molecule has 1 aromatic rings. The summed E-state index contributed by atoms with van der Waals surface area (Å²) in [6.07, 6.45) is -0.420. The highest BCUT2D eigenvalue weighted by Gasteiger charge is 2.58. The Bertz CT molecular complexity index is 610. The van der Waals surface area contributed by atoms with E-state index in [1.807, 2.05) is 6.07 Å². The zero-order valence-electron chi connectivity index (χ0n) is 14.4. The predicted molar refractivity (Wildman–Crippen MR) is 90.3 cm³/mol. The number of benzene rings is 1. The van der Waals surface area contributed by atoms with Gasteiger partial charge in [-0.1, -0.05) is 36.4 Å². The lowest BCUT2D eigenvalue weighted by Crippen LogP contribution is -2.39. The molecule has 2 rings (SSSR count). The van der Waals surface area contributed by atoms with Crippen molar-refractivity contribution in [1.82, 2.24) is 0 Å². The fraction of sp³-hybridized carbons (Fsp3) is 0.474. The Morgan fingerprint density at radius 3 is 2.24 bits per heavy atom. The summed E-state index contributed by atoms with van der Waals surface area (Å²) >= 11 is 0. The van der Waals surface area contributed by atoms with Gasteiger partial charge in [0.15, 0.2) is 5.41 Å². The smallest absolute Gasteiger partial charge is 0.323 e.